The Hall–Kier alpha value is -1.09. The number of rotatable bonds is 1. The maximum absolute atomic E-state index is 6.31. The first kappa shape index (κ1) is 8.51. The second-order valence-electron chi connectivity index (χ2n) is 3.27. The van der Waals surface area contributed by atoms with Crippen LogP contribution in [0.2, 0.25) is 0 Å². The van der Waals surface area contributed by atoms with Crippen molar-refractivity contribution in [2.24, 2.45) is 0 Å². The monoisotopic (exact) mass is 195 g/mol. The van der Waals surface area contributed by atoms with Crippen LogP contribution in [0.25, 0.3) is 0 Å². The summed E-state index contributed by atoms with van der Waals surface area (Å²) in [7, 11) is 0. The molecular weight excluding hydrogens is 186 g/mol. The van der Waals surface area contributed by atoms with Gasteiger partial charge in [0, 0.05) is 5.92 Å². The predicted octanol–water partition coefficient (Wildman–Crippen LogP) is 2.01. The zero-order valence-electron chi connectivity index (χ0n) is 7.24. The van der Waals surface area contributed by atoms with Crippen LogP contribution in [0.4, 0.5) is 0 Å². The first-order chi connectivity index (χ1) is 6.20. The van der Waals surface area contributed by atoms with Crippen molar-refractivity contribution in [1.29, 1.82) is 0 Å². The van der Waals surface area contributed by atoms with Crippen LogP contribution in [0.3, 0.4) is 0 Å². The Labute approximate surface area is 81.5 Å². The Bertz CT molecular complexity index is 338. The van der Waals surface area contributed by atoms with Crippen molar-refractivity contribution < 1.29 is 0 Å². The van der Waals surface area contributed by atoms with Gasteiger partial charge in [-0.2, -0.15) is 15.4 Å². The molecule has 1 aliphatic carbocycles. The third-order valence-corrected chi connectivity index (χ3v) is 2.56. The number of H-pyrrole nitrogens is 1. The maximum atomic E-state index is 6.31. The lowest BCUT2D eigenvalue weighted by molar-refractivity contribution is 0.655. The van der Waals surface area contributed by atoms with E-state index in [1.54, 1.807) is 6.20 Å². The molecule has 0 aliphatic heterocycles. The van der Waals surface area contributed by atoms with Crippen molar-refractivity contribution in [3.63, 3.8) is 0 Å². The first-order valence-electron chi connectivity index (χ1n) is 4.11. The Morgan fingerprint density at radius 2 is 2.38 bits per heavy atom. The Balaban J connectivity index is 2.34. The van der Waals surface area contributed by atoms with Crippen LogP contribution in [-0.2, 0) is 0 Å². The summed E-state index contributed by atoms with van der Waals surface area (Å²) >= 11 is 6.31. The molecule has 1 aromatic rings. The topological polar surface area (TPSA) is 41.6 Å². The molecule has 2 rings (SSSR count). The zero-order chi connectivity index (χ0) is 9.31. The second kappa shape index (κ2) is 3.00. The van der Waals surface area contributed by atoms with E-state index in [0.29, 0.717) is 0 Å². The summed E-state index contributed by atoms with van der Waals surface area (Å²) in [6.45, 7) is 1.97. The van der Waals surface area contributed by atoms with Crippen LogP contribution >= 0.6 is 11.6 Å². The molecule has 13 heavy (non-hydrogen) atoms. The lowest BCUT2D eigenvalue weighted by Gasteiger charge is -2.26. The van der Waals surface area contributed by atoms with Crippen LogP contribution in [0.5, 0.6) is 0 Å². The minimum atomic E-state index is -0.397. The van der Waals surface area contributed by atoms with E-state index in [1.807, 2.05) is 31.2 Å². The Kier molecular flexibility index (Phi) is 1.96. The average Bonchev–Trinajstić information content (AvgIpc) is 2.55. The van der Waals surface area contributed by atoms with Gasteiger partial charge in [0.05, 0.1) is 16.8 Å². The van der Waals surface area contributed by atoms with Crippen molar-refractivity contribution in [2.45, 2.75) is 17.7 Å². The molecule has 2 unspecified atom stereocenters. The van der Waals surface area contributed by atoms with Crippen molar-refractivity contribution >= 4 is 11.6 Å². The highest BCUT2D eigenvalue weighted by Gasteiger charge is 2.31. The SMILES string of the molecule is CC1(Cl)C=CC=CC1c1cn[nH]n1. The molecule has 0 saturated heterocycles. The lowest BCUT2D eigenvalue weighted by atomic mass is 9.87. The van der Waals surface area contributed by atoms with Crippen LogP contribution < -0.4 is 0 Å². The minimum Gasteiger partial charge on any atom is -0.198 e. The quantitative estimate of drug-likeness (QED) is 0.697. The summed E-state index contributed by atoms with van der Waals surface area (Å²) in [5.41, 5.74) is 0.873. The molecular formula is C9H10ClN3. The highest BCUT2D eigenvalue weighted by Crippen LogP contribution is 2.37. The van der Waals surface area contributed by atoms with Crippen LogP contribution in [0, 0.1) is 0 Å². The van der Waals surface area contributed by atoms with Gasteiger partial charge in [-0.25, -0.2) is 0 Å². The van der Waals surface area contributed by atoms with E-state index < -0.39 is 4.87 Å². The summed E-state index contributed by atoms with van der Waals surface area (Å²) < 4.78 is 0. The van der Waals surface area contributed by atoms with E-state index in [9.17, 15) is 0 Å². The zero-order valence-corrected chi connectivity index (χ0v) is 7.99. The molecule has 0 amide bonds. The van der Waals surface area contributed by atoms with E-state index in [-0.39, 0.29) is 5.92 Å². The Morgan fingerprint density at radius 3 is 3.00 bits per heavy atom. The number of nitrogens with zero attached hydrogens (tertiary/aromatic N) is 2. The number of hydrogen-bond acceptors (Lipinski definition) is 2. The van der Waals surface area contributed by atoms with Crippen LogP contribution in [0.1, 0.15) is 18.5 Å². The van der Waals surface area contributed by atoms with Gasteiger partial charge in [-0.3, -0.25) is 0 Å². The number of nitrogens with one attached hydrogen (secondary N) is 1. The smallest absolute Gasteiger partial charge is 0.0914 e. The molecule has 1 heterocycles. The highest BCUT2D eigenvalue weighted by atomic mass is 35.5. The molecule has 0 spiro atoms. The number of aromatic amines is 1. The van der Waals surface area contributed by atoms with Gasteiger partial charge >= 0.3 is 0 Å². The van der Waals surface area contributed by atoms with Crippen molar-refractivity contribution in [3.8, 4) is 0 Å². The van der Waals surface area contributed by atoms with E-state index in [2.05, 4.69) is 15.4 Å². The van der Waals surface area contributed by atoms with Gasteiger partial charge in [0.25, 0.3) is 0 Å². The molecule has 68 valence electrons. The molecule has 1 N–H and O–H groups in total. The van der Waals surface area contributed by atoms with Crippen molar-refractivity contribution in [2.75, 3.05) is 0 Å². The van der Waals surface area contributed by atoms with Crippen LogP contribution in [0.15, 0.2) is 30.5 Å². The third kappa shape index (κ3) is 1.52. The first-order valence-corrected chi connectivity index (χ1v) is 4.48. The fourth-order valence-corrected chi connectivity index (χ4v) is 1.72. The lowest BCUT2D eigenvalue weighted by Crippen LogP contribution is -2.24. The number of alkyl halides is 1. The molecule has 0 aromatic carbocycles. The summed E-state index contributed by atoms with van der Waals surface area (Å²) in [6, 6.07) is 0. The van der Waals surface area contributed by atoms with E-state index in [0.717, 1.165) is 5.69 Å². The fraction of sp³-hybridized carbons (Fsp3) is 0.333. The van der Waals surface area contributed by atoms with Gasteiger partial charge in [0.2, 0.25) is 0 Å². The largest absolute Gasteiger partial charge is 0.198 e. The van der Waals surface area contributed by atoms with Crippen molar-refractivity contribution in [3.05, 3.63) is 36.2 Å². The van der Waals surface area contributed by atoms with Gasteiger partial charge in [-0.15, -0.1) is 11.6 Å². The predicted molar refractivity (Wildman–Crippen MR) is 51.7 cm³/mol. The van der Waals surface area contributed by atoms with Crippen molar-refractivity contribution in [1.82, 2.24) is 15.4 Å². The van der Waals surface area contributed by atoms with Crippen LogP contribution in [-0.4, -0.2) is 20.3 Å². The normalized spacial score (nSPS) is 32.3. The standard InChI is InChI=1S/C9H10ClN3/c1-9(10)5-3-2-4-7(9)8-6-11-13-12-8/h2-7H,1H3,(H,11,12,13). The molecule has 0 fully saturated rings. The second-order valence-corrected chi connectivity index (χ2v) is 4.08. The summed E-state index contributed by atoms with van der Waals surface area (Å²) in [5, 5.41) is 10.4. The van der Waals surface area contributed by atoms with Gasteiger partial charge in [-0.05, 0) is 6.92 Å². The maximum Gasteiger partial charge on any atom is 0.0914 e. The number of aromatic nitrogens is 3. The average molecular weight is 196 g/mol. The molecule has 0 saturated carbocycles. The summed E-state index contributed by atoms with van der Waals surface area (Å²) in [6.07, 6.45) is 9.63. The molecule has 0 radical (unpaired) electrons. The van der Waals surface area contributed by atoms with E-state index in [1.165, 1.54) is 0 Å². The number of allylic oxidation sites excluding steroid dienone is 4. The summed E-state index contributed by atoms with van der Waals surface area (Å²) in [5.74, 6) is 0.0953. The molecule has 4 heteroatoms. The fourth-order valence-electron chi connectivity index (χ4n) is 1.46. The number of halogens is 1. The molecule has 0 bridgehead atoms. The van der Waals surface area contributed by atoms with Gasteiger partial charge in [-0.1, -0.05) is 24.3 Å². The van der Waals surface area contributed by atoms with E-state index >= 15 is 0 Å². The molecule has 2 atom stereocenters. The van der Waals surface area contributed by atoms with E-state index in [4.69, 9.17) is 11.6 Å². The molecule has 1 aliphatic rings. The number of hydrogen-bond donors (Lipinski definition) is 1. The Morgan fingerprint density at radius 1 is 1.54 bits per heavy atom. The highest BCUT2D eigenvalue weighted by molar-refractivity contribution is 6.25. The molecule has 3 nitrogen and oxygen atoms in total. The molecule has 1 aromatic heterocycles. The van der Waals surface area contributed by atoms with Gasteiger partial charge < -0.3 is 0 Å². The minimum absolute atomic E-state index is 0.0953. The third-order valence-electron chi connectivity index (χ3n) is 2.20. The van der Waals surface area contributed by atoms with Gasteiger partial charge in [0.15, 0.2) is 0 Å². The van der Waals surface area contributed by atoms with Gasteiger partial charge in [0.1, 0.15) is 0 Å². The summed E-state index contributed by atoms with van der Waals surface area (Å²) in [4.78, 5) is -0.397.